The van der Waals surface area contributed by atoms with E-state index < -0.39 is 0 Å². The van der Waals surface area contributed by atoms with Crippen LogP contribution in [0.2, 0.25) is 0 Å². The van der Waals surface area contributed by atoms with E-state index in [1.54, 1.807) is 0 Å². The second-order valence-corrected chi connectivity index (χ2v) is 4.46. The zero-order valence-electron chi connectivity index (χ0n) is 9.36. The van der Waals surface area contributed by atoms with Crippen LogP contribution in [0.4, 0.5) is 5.82 Å². The van der Waals surface area contributed by atoms with Gasteiger partial charge in [-0.1, -0.05) is 0 Å². The fourth-order valence-electron chi connectivity index (χ4n) is 1.63. The monoisotopic (exact) mass is 217 g/mol. The van der Waals surface area contributed by atoms with Crippen molar-refractivity contribution in [2.24, 2.45) is 5.41 Å². The van der Waals surface area contributed by atoms with Crippen LogP contribution in [0.15, 0.2) is 12.1 Å². The van der Waals surface area contributed by atoms with Gasteiger partial charge in [-0.25, -0.2) is 4.98 Å². The maximum absolute atomic E-state index is 8.69. The van der Waals surface area contributed by atoms with Crippen molar-refractivity contribution in [2.75, 3.05) is 12.3 Å². The number of aromatic nitrogens is 1. The molecule has 0 aromatic carbocycles. The lowest BCUT2D eigenvalue weighted by Gasteiger charge is -2.13. The van der Waals surface area contributed by atoms with Crippen molar-refractivity contribution in [3.63, 3.8) is 0 Å². The molecule has 0 spiro atoms. The Bertz CT molecular complexity index is 432. The summed E-state index contributed by atoms with van der Waals surface area (Å²) in [6, 6.07) is 5.91. The van der Waals surface area contributed by atoms with Crippen LogP contribution in [0.5, 0.6) is 5.75 Å². The summed E-state index contributed by atoms with van der Waals surface area (Å²) in [5, 5.41) is 8.69. The van der Waals surface area contributed by atoms with E-state index >= 15 is 0 Å². The van der Waals surface area contributed by atoms with Gasteiger partial charge in [0.2, 0.25) is 0 Å². The summed E-state index contributed by atoms with van der Waals surface area (Å²) in [7, 11) is 0. The molecule has 0 atom stereocenters. The van der Waals surface area contributed by atoms with Crippen LogP contribution < -0.4 is 10.5 Å². The van der Waals surface area contributed by atoms with E-state index in [2.05, 4.69) is 11.1 Å². The normalized spacial score (nSPS) is 16.5. The summed E-state index contributed by atoms with van der Waals surface area (Å²) in [6.07, 6.45) is 2.70. The largest absolute Gasteiger partial charge is 0.489 e. The van der Waals surface area contributed by atoms with Crippen molar-refractivity contribution in [1.29, 1.82) is 5.26 Å². The standard InChI is InChI=1S/C12H15N3O/c1-9-2-3-10(11(14)15-9)16-8-12(4-5-12)6-7-13/h2-3H,4-6,8H2,1H3,(H2,14,15). The topological polar surface area (TPSA) is 71.9 Å². The molecule has 1 aromatic heterocycles. The lowest BCUT2D eigenvalue weighted by molar-refractivity contribution is 0.237. The molecule has 0 aliphatic heterocycles. The molecule has 0 saturated heterocycles. The predicted octanol–water partition coefficient (Wildman–Crippen LogP) is 2.04. The van der Waals surface area contributed by atoms with Crippen molar-refractivity contribution >= 4 is 5.82 Å². The molecule has 1 fully saturated rings. The van der Waals surface area contributed by atoms with E-state index in [9.17, 15) is 0 Å². The van der Waals surface area contributed by atoms with Gasteiger partial charge < -0.3 is 10.5 Å². The second-order valence-electron chi connectivity index (χ2n) is 4.46. The van der Waals surface area contributed by atoms with Gasteiger partial charge in [0, 0.05) is 17.5 Å². The summed E-state index contributed by atoms with van der Waals surface area (Å²) in [5.74, 6) is 1.04. The van der Waals surface area contributed by atoms with Crippen LogP contribution in [0.25, 0.3) is 0 Å². The van der Waals surface area contributed by atoms with Crippen molar-refractivity contribution in [1.82, 2.24) is 4.98 Å². The molecule has 84 valence electrons. The maximum Gasteiger partial charge on any atom is 0.166 e. The molecule has 0 radical (unpaired) electrons. The van der Waals surface area contributed by atoms with Crippen molar-refractivity contribution < 1.29 is 4.74 Å². The number of nitrogens with two attached hydrogens (primary N) is 1. The van der Waals surface area contributed by atoms with Crippen LogP contribution in [0.1, 0.15) is 25.0 Å². The van der Waals surface area contributed by atoms with Gasteiger partial charge in [-0.15, -0.1) is 0 Å². The minimum Gasteiger partial charge on any atom is -0.489 e. The highest BCUT2D eigenvalue weighted by Gasteiger charge is 2.43. The molecule has 16 heavy (non-hydrogen) atoms. The summed E-state index contributed by atoms with van der Waals surface area (Å²) >= 11 is 0. The number of nitrogen functional groups attached to an aromatic ring is 1. The van der Waals surface area contributed by atoms with Crippen LogP contribution in [0.3, 0.4) is 0 Å². The number of rotatable bonds is 4. The number of hydrogen-bond acceptors (Lipinski definition) is 4. The molecular weight excluding hydrogens is 202 g/mol. The summed E-state index contributed by atoms with van der Waals surface area (Å²) < 4.78 is 5.63. The zero-order valence-corrected chi connectivity index (χ0v) is 9.36. The van der Waals surface area contributed by atoms with Gasteiger partial charge in [0.15, 0.2) is 11.6 Å². The first kappa shape index (κ1) is 10.7. The SMILES string of the molecule is Cc1ccc(OCC2(CC#N)CC2)c(N)n1. The minimum absolute atomic E-state index is 0.0755. The van der Waals surface area contributed by atoms with Gasteiger partial charge in [-0.2, -0.15) is 5.26 Å². The number of ether oxygens (including phenoxy) is 1. The van der Waals surface area contributed by atoms with Gasteiger partial charge in [0.25, 0.3) is 0 Å². The van der Waals surface area contributed by atoms with Gasteiger partial charge in [-0.05, 0) is 31.9 Å². The van der Waals surface area contributed by atoms with Crippen LogP contribution in [-0.2, 0) is 0 Å². The molecule has 0 unspecified atom stereocenters. The number of nitriles is 1. The zero-order chi connectivity index (χ0) is 11.6. The quantitative estimate of drug-likeness (QED) is 0.837. The Morgan fingerprint density at radius 2 is 2.31 bits per heavy atom. The number of anilines is 1. The Hall–Kier alpha value is -1.76. The highest BCUT2D eigenvalue weighted by atomic mass is 16.5. The first-order chi connectivity index (χ1) is 7.65. The number of aryl methyl sites for hydroxylation is 1. The smallest absolute Gasteiger partial charge is 0.166 e. The van der Waals surface area contributed by atoms with E-state index in [0.717, 1.165) is 18.5 Å². The highest BCUT2D eigenvalue weighted by Crippen LogP contribution is 2.48. The fraction of sp³-hybridized carbons (Fsp3) is 0.500. The lowest BCUT2D eigenvalue weighted by Crippen LogP contribution is -2.13. The Morgan fingerprint density at radius 3 is 2.88 bits per heavy atom. The number of pyridine rings is 1. The van der Waals surface area contributed by atoms with E-state index in [1.807, 2.05) is 19.1 Å². The van der Waals surface area contributed by atoms with Crippen LogP contribution in [-0.4, -0.2) is 11.6 Å². The first-order valence-electron chi connectivity index (χ1n) is 5.38. The predicted molar refractivity (Wildman–Crippen MR) is 60.8 cm³/mol. The molecule has 1 aliphatic rings. The average Bonchev–Trinajstić information content (AvgIpc) is 2.98. The van der Waals surface area contributed by atoms with Crippen molar-refractivity contribution in [3.8, 4) is 11.8 Å². The lowest BCUT2D eigenvalue weighted by atomic mass is 10.1. The molecule has 4 nitrogen and oxygen atoms in total. The highest BCUT2D eigenvalue weighted by molar-refractivity contribution is 5.46. The Balaban J connectivity index is 1.98. The molecular formula is C12H15N3O. The van der Waals surface area contributed by atoms with E-state index in [-0.39, 0.29) is 5.41 Å². The molecule has 4 heteroatoms. The van der Waals surface area contributed by atoms with Crippen LogP contribution in [0, 0.1) is 23.7 Å². The van der Waals surface area contributed by atoms with E-state index in [0.29, 0.717) is 24.6 Å². The van der Waals surface area contributed by atoms with Crippen molar-refractivity contribution in [3.05, 3.63) is 17.8 Å². The molecule has 1 aromatic rings. The Labute approximate surface area is 95.0 Å². The number of nitrogens with zero attached hydrogens (tertiary/aromatic N) is 2. The second kappa shape index (κ2) is 4.01. The van der Waals surface area contributed by atoms with Gasteiger partial charge in [0.05, 0.1) is 12.7 Å². The average molecular weight is 217 g/mol. The molecule has 2 N–H and O–H groups in total. The summed E-state index contributed by atoms with van der Waals surface area (Å²) in [4.78, 5) is 4.13. The Morgan fingerprint density at radius 1 is 1.56 bits per heavy atom. The van der Waals surface area contributed by atoms with Gasteiger partial charge in [0.1, 0.15) is 0 Å². The van der Waals surface area contributed by atoms with Gasteiger partial charge >= 0.3 is 0 Å². The first-order valence-corrected chi connectivity index (χ1v) is 5.38. The maximum atomic E-state index is 8.69. The van der Waals surface area contributed by atoms with E-state index in [1.165, 1.54) is 0 Å². The molecule has 1 aliphatic carbocycles. The number of hydrogen-bond donors (Lipinski definition) is 1. The third-order valence-electron chi connectivity index (χ3n) is 2.97. The fourth-order valence-corrected chi connectivity index (χ4v) is 1.63. The van der Waals surface area contributed by atoms with Crippen LogP contribution >= 0.6 is 0 Å². The molecule has 1 saturated carbocycles. The van der Waals surface area contributed by atoms with Crippen molar-refractivity contribution in [2.45, 2.75) is 26.2 Å². The summed E-state index contributed by atoms with van der Waals surface area (Å²) in [6.45, 7) is 2.45. The molecule has 2 rings (SSSR count). The summed E-state index contributed by atoms with van der Waals surface area (Å²) in [5.41, 5.74) is 6.70. The minimum atomic E-state index is 0.0755. The van der Waals surface area contributed by atoms with E-state index in [4.69, 9.17) is 15.7 Å². The molecule has 1 heterocycles. The van der Waals surface area contributed by atoms with Gasteiger partial charge in [-0.3, -0.25) is 0 Å². The molecule has 0 bridgehead atoms. The molecule has 0 amide bonds. The third-order valence-corrected chi connectivity index (χ3v) is 2.97. The third kappa shape index (κ3) is 2.25. The Kier molecular flexibility index (Phi) is 2.69.